The topological polar surface area (TPSA) is 46.9 Å². The van der Waals surface area contributed by atoms with E-state index in [0.29, 0.717) is 26.8 Å². The van der Waals surface area contributed by atoms with E-state index in [1.54, 1.807) is 19.1 Å². The molecule has 1 N–H and O–H groups in total. The van der Waals surface area contributed by atoms with Crippen molar-refractivity contribution in [3.05, 3.63) is 76.3 Å². The second-order valence-electron chi connectivity index (χ2n) is 8.66. The maximum Gasteiger partial charge on any atom is 0.416 e. The van der Waals surface area contributed by atoms with Gasteiger partial charge in [0.1, 0.15) is 4.83 Å². The van der Waals surface area contributed by atoms with Gasteiger partial charge in [-0.2, -0.15) is 18.3 Å². The monoisotopic (exact) mass is 457 g/mol. The van der Waals surface area contributed by atoms with Crippen molar-refractivity contribution in [1.29, 1.82) is 0 Å². The van der Waals surface area contributed by atoms with Gasteiger partial charge in [-0.3, -0.25) is 4.79 Å². The first-order valence-electron chi connectivity index (χ1n) is 10.0. The van der Waals surface area contributed by atoms with Gasteiger partial charge in [0.15, 0.2) is 0 Å². The third-order valence-electron chi connectivity index (χ3n) is 5.20. The summed E-state index contributed by atoms with van der Waals surface area (Å²) in [6, 6.07) is 14.4. The number of nitrogens with one attached hydrogen (secondary N) is 1. The van der Waals surface area contributed by atoms with Crippen LogP contribution in [0.15, 0.2) is 54.6 Å². The number of hydrogen-bond donors (Lipinski definition) is 1. The van der Waals surface area contributed by atoms with Crippen molar-refractivity contribution in [3.63, 3.8) is 0 Å². The van der Waals surface area contributed by atoms with Crippen molar-refractivity contribution in [2.24, 2.45) is 0 Å². The Bertz CT molecular complexity index is 1300. The first-order valence-corrected chi connectivity index (χ1v) is 10.8. The fourth-order valence-electron chi connectivity index (χ4n) is 3.39. The van der Waals surface area contributed by atoms with Crippen LogP contribution in [0.2, 0.25) is 0 Å². The molecule has 0 aliphatic rings. The summed E-state index contributed by atoms with van der Waals surface area (Å²) in [6.07, 6.45) is -4.44. The normalized spacial score (nSPS) is 12.3. The van der Waals surface area contributed by atoms with Crippen LogP contribution in [-0.4, -0.2) is 15.7 Å². The van der Waals surface area contributed by atoms with Crippen LogP contribution in [0.5, 0.6) is 0 Å². The third-order valence-corrected chi connectivity index (χ3v) is 6.30. The molecule has 8 heteroatoms. The van der Waals surface area contributed by atoms with Crippen molar-refractivity contribution >= 4 is 33.1 Å². The van der Waals surface area contributed by atoms with E-state index in [1.165, 1.54) is 22.1 Å². The first kappa shape index (κ1) is 22.1. The highest BCUT2D eigenvalue weighted by Crippen LogP contribution is 2.34. The molecule has 2 aromatic carbocycles. The minimum Gasteiger partial charge on any atom is -0.321 e. The number of fused-ring (bicyclic) bond motifs is 1. The van der Waals surface area contributed by atoms with Gasteiger partial charge >= 0.3 is 6.18 Å². The zero-order valence-electron chi connectivity index (χ0n) is 18.0. The summed E-state index contributed by atoms with van der Waals surface area (Å²) >= 11 is 1.19. The lowest BCUT2D eigenvalue weighted by atomic mass is 9.87. The Morgan fingerprint density at radius 3 is 2.31 bits per heavy atom. The minimum absolute atomic E-state index is 0.0147. The Morgan fingerprint density at radius 1 is 1.00 bits per heavy atom. The number of thiophene rings is 1. The SMILES string of the molecule is Cc1nn(-c2cccc(C(F)(F)F)c2)c2sc(C(=O)Nc3ccc(C(C)(C)C)cc3)cc12. The Labute approximate surface area is 187 Å². The Hall–Kier alpha value is -3.13. The largest absolute Gasteiger partial charge is 0.416 e. The van der Waals surface area contributed by atoms with Crippen molar-refractivity contribution < 1.29 is 18.0 Å². The summed E-state index contributed by atoms with van der Waals surface area (Å²) in [5.74, 6) is -0.273. The molecule has 32 heavy (non-hydrogen) atoms. The van der Waals surface area contributed by atoms with E-state index in [4.69, 9.17) is 0 Å². The van der Waals surface area contributed by atoms with Crippen LogP contribution in [0, 0.1) is 6.92 Å². The highest BCUT2D eigenvalue weighted by Gasteiger charge is 2.31. The van der Waals surface area contributed by atoms with Crippen LogP contribution >= 0.6 is 11.3 Å². The molecule has 1 amide bonds. The van der Waals surface area contributed by atoms with Gasteiger partial charge < -0.3 is 5.32 Å². The highest BCUT2D eigenvalue weighted by atomic mass is 32.1. The van der Waals surface area contributed by atoms with Crippen LogP contribution in [0.4, 0.5) is 18.9 Å². The van der Waals surface area contributed by atoms with Crippen molar-refractivity contribution in [3.8, 4) is 5.69 Å². The molecule has 2 aromatic heterocycles. The predicted molar refractivity (Wildman–Crippen MR) is 122 cm³/mol. The molecule has 0 spiro atoms. The van der Waals surface area contributed by atoms with Crippen LogP contribution < -0.4 is 5.32 Å². The molecule has 0 aliphatic carbocycles. The summed E-state index contributed by atoms with van der Waals surface area (Å²) in [5.41, 5.74) is 2.04. The predicted octanol–water partition coefficient (Wildman–Crippen LogP) is 6.96. The molecule has 0 atom stereocenters. The maximum absolute atomic E-state index is 13.1. The number of rotatable bonds is 3. The molecule has 2 heterocycles. The molecule has 166 valence electrons. The molecule has 4 aromatic rings. The molecular formula is C24H22F3N3OS. The molecule has 0 unspecified atom stereocenters. The Kier molecular flexibility index (Phi) is 5.36. The van der Waals surface area contributed by atoms with Crippen LogP contribution in [0.1, 0.15) is 47.3 Å². The van der Waals surface area contributed by atoms with E-state index >= 15 is 0 Å². The van der Waals surface area contributed by atoms with Gasteiger partial charge in [-0.25, -0.2) is 4.68 Å². The van der Waals surface area contributed by atoms with E-state index in [0.717, 1.165) is 23.1 Å². The maximum atomic E-state index is 13.1. The number of aromatic nitrogens is 2. The van der Waals surface area contributed by atoms with Crippen molar-refractivity contribution in [2.75, 3.05) is 5.32 Å². The fourth-order valence-corrected chi connectivity index (χ4v) is 4.47. The molecule has 0 saturated carbocycles. The fraction of sp³-hybridized carbons (Fsp3) is 0.250. The second-order valence-corrected chi connectivity index (χ2v) is 9.69. The number of carbonyl (C=O) groups is 1. The van der Waals surface area contributed by atoms with E-state index in [1.807, 2.05) is 24.3 Å². The molecule has 0 aliphatic heterocycles. The van der Waals surface area contributed by atoms with Crippen LogP contribution in [-0.2, 0) is 11.6 Å². The standard InChI is InChI=1S/C24H22F3N3OS/c1-14-19-13-20(21(31)28-17-10-8-15(9-11-17)23(2,3)4)32-22(19)30(29-14)18-7-5-6-16(12-18)24(25,26)27/h5-13H,1-4H3,(H,28,31). The number of halogens is 3. The number of nitrogens with zero attached hydrogens (tertiary/aromatic N) is 2. The number of amides is 1. The molecular weight excluding hydrogens is 435 g/mol. The summed E-state index contributed by atoms with van der Waals surface area (Å²) < 4.78 is 40.8. The van der Waals surface area contributed by atoms with Gasteiger partial charge in [0.05, 0.1) is 21.8 Å². The zero-order valence-corrected chi connectivity index (χ0v) is 18.9. The van der Waals surface area contributed by atoms with E-state index in [-0.39, 0.29) is 11.3 Å². The van der Waals surface area contributed by atoms with Gasteiger partial charge in [-0.05, 0) is 54.3 Å². The average Bonchev–Trinajstić information content (AvgIpc) is 3.28. The second kappa shape index (κ2) is 7.78. The van der Waals surface area contributed by atoms with Crippen LogP contribution in [0.25, 0.3) is 15.9 Å². The van der Waals surface area contributed by atoms with Gasteiger partial charge in [0.2, 0.25) is 0 Å². The van der Waals surface area contributed by atoms with Crippen molar-refractivity contribution in [2.45, 2.75) is 39.3 Å². The van der Waals surface area contributed by atoms with Gasteiger partial charge in [-0.1, -0.05) is 39.0 Å². The summed E-state index contributed by atoms with van der Waals surface area (Å²) in [7, 11) is 0. The smallest absolute Gasteiger partial charge is 0.321 e. The molecule has 0 radical (unpaired) electrons. The number of anilines is 1. The Morgan fingerprint density at radius 2 is 1.69 bits per heavy atom. The number of aryl methyl sites for hydroxylation is 1. The van der Waals surface area contributed by atoms with Gasteiger partial charge in [0, 0.05) is 11.1 Å². The van der Waals surface area contributed by atoms with E-state index in [9.17, 15) is 18.0 Å². The summed E-state index contributed by atoms with van der Waals surface area (Å²) in [4.78, 5) is 13.9. The van der Waals surface area contributed by atoms with Crippen LogP contribution in [0.3, 0.4) is 0 Å². The zero-order chi connectivity index (χ0) is 23.3. The number of benzene rings is 2. The summed E-state index contributed by atoms with van der Waals surface area (Å²) in [6.45, 7) is 8.13. The van der Waals surface area contributed by atoms with Gasteiger partial charge in [-0.15, -0.1) is 11.3 Å². The lowest BCUT2D eigenvalue weighted by Crippen LogP contribution is -2.12. The summed E-state index contributed by atoms with van der Waals surface area (Å²) in [5, 5.41) is 8.01. The molecule has 4 rings (SSSR count). The number of carbonyl (C=O) groups excluding carboxylic acids is 1. The molecule has 4 nitrogen and oxygen atoms in total. The molecule has 0 fully saturated rings. The quantitative estimate of drug-likeness (QED) is 0.361. The lowest BCUT2D eigenvalue weighted by molar-refractivity contribution is -0.137. The average molecular weight is 458 g/mol. The number of alkyl halides is 3. The van der Waals surface area contributed by atoms with Gasteiger partial charge in [0.25, 0.3) is 5.91 Å². The first-order chi connectivity index (χ1) is 14.9. The van der Waals surface area contributed by atoms with Crippen molar-refractivity contribution in [1.82, 2.24) is 9.78 Å². The number of hydrogen-bond acceptors (Lipinski definition) is 3. The minimum atomic E-state index is -4.44. The molecule has 0 bridgehead atoms. The molecule has 0 saturated heterocycles. The lowest BCUT2D eigenvalue weighted by Gasteiger charge is -2.19. The Balaban J connectivity index is 1.64. The van der Waals surface area contributed by atoms with E-state index < -0.39 is 11.7 Å². The van der Waals surface area contributed by atoms with E-state index in [2.05, 4.69) is 31.2 Å². The third kappa shape index (κ3) is 4.27. The highest BCUT2D eigenvalue weighted by molar-refractivity contribution is 7.20.